The van der Waals surface area contributed by atoms with Crippen LogP contribution in [-0.2, 0) is 13.5 Å². The van der Waals surface area contributed by atoms with Gasteiger partial charge in [0.1, 0.15) is 0 Å². The maximum absolute atomic E-state index is 4.65. The zero-order valence-electron chi connectivity index (χ0n) is 13.7. The fourth-order valence-electron chi connectivity index (χ4n) is 3.09. The van der Waals surface area contributed by atoms with Crippen LogP contribution in [0.2, 0.25) is 0 Å². The molecule has 1 N–H and O–H groups in total. The van der Waals surface area contributed by atoms with Crippen molar-refractivity contribution in [2.24, 2.45) is 7.05 Å². The van der Waals surface area contributed by atoms with Crippen molar-refractivity contribution in [1.29, 1.82) is 0 Å². The highest BCUT2D eigenvalue weighted by Crippen LogP contribution is 2.27. The topological polar surface area (TPSA) is 55.6 Å². The molecular weight excluding hydrogens is 298 g/mol. The van der Waals surface area contributed by atoms with Gasteiger partial charge < -0.3 is 5.32 Å². The lowest BCUT2D eigenvalue weighted by Gasteiger charge is -2.09. The first-order valence-corrected chi connectivity index (χ1v) is 8.33. The third kappa shape index (κ3) is 3.15. The second kappa shape index (κ2) is 6.43. The molecule has 3 aromatic rings. The lowest BCUT2D eigenvalue weighted by atomic mass is 9.99. The molecule has 2 heterocycles. The molecule has 5 nitrogen and oxygen atoms in total. The average molecular weight is 318 g/mol. The van der Waals surface area contributed by atoms with Gasteiger partial charge in [0.05, 0.1) is 17.6 Å². The Morgan fingerprint density at radius 3 is 3.00 bits per heavy atom. The zero-order valence-corrected chi connectivity index (χ0v) is 13.7. The van der Waals surface area contributed by atoms with E-state index in [1.807, 2.05) is 19.3 Å². The molecule has 0 spiro atoms. The molecule has 4 rings (SSSR count). The van der Waals surface area contributed by atoms with Gasteiger partial charge in [-0.3, -0.25) is 4.68 Å². The molecule has 121 valence electrons. The van der Waals surface area contributed by atoms with Crippen molar-refractivity contribution in [3.8, 4) is 11.3 Å². The second-order valence-electron chi connectivity index (χ2n) is 6.16. The van der Waals surface area contributed by atoms with Gasteiger partial charge in [0.2, 0.25) is 5.95 Å². The van der Waals surface area contributed by atoms with Crippen LogP contribution in [0.3, 0.4) is 0 Å². The van der Waals surface area contributed by atoms with Crippen LogP contribution >= 0.6 is 0 Å². The van der Waals surface area contributed by atoms with E-state index in [0.29, 0.717) is 5.95 Å². The van der Waals surface area contributed by atoms with Gasteiger partial charge in [0, 0.05) is 25.0 Å². The Morgan fingerprint density at radius 2 is 2.12 bits per heavy atom. The standard InChI is InChI=1S/C19H20N5/c1-24-13-17(12-21-24)22-19-20-10-9-18(23-19)16-8-7-14-5-3-2-4-6-15(14)11-16/h5,7-13H,2-4,6H2,1H3,(H,20,22,23). The molecule has 0 bridgehead atoms. The second-order valence-corrected chi connectivity index (χ2v) is 6.16. The molecule has 0 saturated heterocycles. The summed E-state index contributed by atoms with van der Waals surface area (Å²) in [6.45, 7) is 0. The Labute approximate surface area is 141 Å². The van der Waals surface area contributed by atoms with E-state index in [1.54, 1.807) is 17.1 Å². The predicted molar refractivity (Wildman–Crippen MR) is 94.9 cm³/mol. The van der Waals surface area contributed by atoms with Crippen LogP contribution in [0.15, 0.2) is 42.9 Å². The summed E-state index contributed by atoms with van der Waals surface area (Å²) in [5.41, 5.74) is 5.75. The van der Waals surface area contributed by atoms with Gasteiger partial charge in [0.25, 0.3) is 0 Å². The molecule has 0 saturated carbocycles. The quantitative estimate of drug-likeness (QED) is 0.744. The van der Waals surface area contributed by atoms with Crippen molar-refractivity contribution in [2.45, 2.75) is 25.7 Å². The summed E-state index contributed by atoms with van der Waals surface area (Å²) in [6.07, 6.45) is 12.6. The normalized spacial score (nSPS) is 14.0. The zero-order chi connectivity index (χ0) is 16.4. The first-order valence-electron chi connectivity index (χ1n) is 8.33. The van der Waals surface area contributed by atoms with Crippen molar-refractivity contribution < 1.29 is 0 Å². The summed E-state index contributed by atoms with van der Waals surface area (Å²) >= 11 is 0. The predicted octanol–water partition coefficient (Wildman–Crippen LogP) is 3.90. The highest BCUT2D eigenvalue weighted by atomic mass is 15.3. The summed E-state index contributed by atoms with van der Waals surface area (Å²) in [6, 6.07) is 8.59. The van der Waals surface area contributed by atoms with Crippen molar-refractivity contribution >= 4 is 11.6 Å². The van der Waals surface area contributed by atoms with Gasteiger partial charge in [-0.05, 0) is 48.9 Å². The summed E-state index contributed by atoms with van der Waals surface area (Å²) in [5.74, 6) is 0.585. The smallest absolute Gasteiger partial charge is 0.227 e. The lowest BCUT2D eigenvalue weighted by molar-refractivity contribution is 0.755. The number of nitrogens with one attached hydrogen (secondary N) is 1. The SMILES string of the molecule is Cn1cc(Nc2nccc(-c3ccc4c(c3)CCCC[CH]4)n2)cn1. The Kier molecular flexibility index (Phi) is 3.99. The fourth-order valence-corrected chi connectivity index (χ4v) is 3.09. The fraction of sp³-hybridized carbons (Fsp3) is 0.263. The number of hydrogen-bond acceptors (Lipinski definition) is 4. The van der Waals surface area contributed by atoms with Crippen LogP contribution in [0.1, 0.15) is 30.4 Å². The van der Waals surface area contributed by atoms with Crippen LogP contribution in [0, 0.1) is 6.42 Å². The van der Waals surface area contributed by atoms with E-state index in [2.05, 4.69) is 45.0 Å². The Bertz CT molecular complexity index is 852. The van der Waals surface area contributed by atoms with Crippen LogP contribution in [-0.4, -0.2) is 19.7 Å². The maximum atomic E-state index is 4.65. The van der Waals surface area contributed by atoms with Gasteiger partial charge in [-0.25, -0.2) is 9.97 Å². The molecule has 1 aliphatic carbocycles. The van der Waals surface area contributed by atoms with E-state index in [0.717, 1.165) is 23.4 Å². The molecule has 5 heteroatoms. The van der Waals surface area contributed by atoms with Gasteiger partial charge in [-0.15, -0.1) is 0 Å². The van der Waals surface area contributed by atoms with Crippen molar-refractivity contribution in [2.75, 3.05) is 5.32 Å². The number of nitrogens with zero attached hydrogens (tertiary/aromatic N) is 4. The average Bonchev–Trinajstić information content (AvgIpc) is 2.87. The largest absolute Gasteiger partial charge is 0.321 e. The minimum absolute atomic E-state index is 0.585. The minimum atomic E-state index is 0.585. The lowest BCUT2D eigenvalue weighted by Crippen LogP contribution is -1.98. The van der Waals surface area contributed by atoms with Gasteiger partial charge in [-0.1, -0.05) is 18.6 Å². The van der Waals surface area contributed by atoms with E-state index in [1.165, 1.54) is 30.4 Å². The summed E-state index contributed by atoms with van der Waals surface area (Å²) in [4.78, 5) is 8.96. The number of benzene rings is 1. The van der Waals surface area contributed by atoms with E-state index in [-0.39, 0.29) is 0 Å². The molecule has 24 heavy (non-hydrogen) atoms. The van der Waals surface area contributed by atoms with Crippen molar-refractivity contribution in [3.63, 3.8) is 0 Å². The van der Waals surface area contributed by atoms with Crippen LogP contribution in [0.5, 0.6) is 0 Å². The highest BCUT2D eigenvalue weighted by Gasteiger charge is 2.11. The van der Waals surface area contributed by atoms with Crippen LogP contribution in [0.25, 0.3) is 11.3 Å². The summed E-state index contributed by atoms with van der Waals surface area (Å²) in [5, 5.41) is 7.34. The van der Waals surface area contributed by atoms with Gasteiger partial charge in [-0.2, -0.15) is 5.10 Å². The Hall–Kier alpha value is -2.69. The number of fused-ring (bicyclic) bond motifs is 1. The van der Waals surface area contributed by atoms with E-state index < -0.39 is 0 Å². The molecule has 0 fully saturated rings. The minimum Gasteiger partial charge on any atom is -0.321 e. The third-order valence-corrected chi connectivity index (χ3v) is 4.32. The molecule has 0 amide bonds. The number of aryl methyl sites for hydroxylation is 2. The van der Waals surface area contributed by atoms with E-state index >= 15 is 0 Å². The number of rotatable bonds is 3. The molecule has 0 unspecified atom stereocenters. The van der Waals surface area contributed by atoms with Crippen molar-refractivity contribution in [3.05, 3.63) is 60.4 Å². The molecule has 2 aromatic heterocycles. The molecule has 1 aliphatic rings. The number of hydrogen-bond donors (Lipinski definition) is 1. The van der Waals surface area contributed by atoms with E-state index in [4.69, 9.17) is 0 Å². The maximum Gasteiger partial charge on any atom is 0.227 e. The summed E-state index contributed by atoms with van der Waals surface area (Å²) < 4.78 is 1.75. The van der Waals surface area contributed by atoms with Gasteiger partial charge >= 0.3 is 0 Å². The molecule has 0 aliphatic heterocycles. The molecule has 1 aromatic carbocycles. The Balaban J connectivity index is 1.62. The van der Waals surface area contributed by atoms with Gasteiger partial charge in [0.15, 0.2) is 0 Å². The number of aromatic nitrogens is 4. The molecule has 1 radical (unpaired) electrons. The Morgan fingerprint density at radius 1 is 1.17 bits per heavy atom. The van der Waals surface area contributed by atoms with E-state index in [9.17, 15) is 0 Å². The molecular formula is C19H20N5. The number of anilines is 2. The monoisotopic (exact) mass is 318 g/mol. The van der Waals surface area contributed by atoms with Crippen LogP contribution in [0.4, 0.5) is 11.6 Å². The highest BCUT2D eigenvalue weighted by molar-refractivity contribution is 5.63. The molecule has 0 atom stereocenters. The third-order valence-electron chi connectivity index (χ3n) is 4.32. The first kappa shape index (κ1) is 14.9. The summed E-state index contributed by atoms with van der Waals surface area (Å²) in [7, 11) is 1.88. The first-order chi connectivity index (χ1) is 11.8. The van der Waals surface area contributed by atoms with Crippen LogP contribution < -0.4 is 5.32 Å². The van der Waals surface area contributed by atoms with Crippen molar-refractivity contribution in [1.82, 2.24) is 19.7 Å².